The number of unbranched alkanes of at least 4 members (excludes halogenated alkanes) is 33. The average Bonchev–Trinajstić information content (AvgIpc) is 3.25. The molecular formula is C50H99NO8S. The van der Waals surface area contributed by atoms with Crippen LogP contribution in [0.1, 0.15) is 251 Å². The Bertz CT molecular complexity index is 931. The van der Waals surface area contributed by atoms with Gasteiger partial charge in [-0.1, -0.05) is 232 Å². The second-order valence-corrected chi connectivity index (χ2v) is 18.8. The fourth-order valence-electron chi connectivity index (χ4n) is 8.61. The lowest BCUT2D eigenvalue weighted by Gasteiger charge is -2.40. The number of carbonyl (C=O) groups excluding carboxylic acids is 1. The van der Waals surface area contributed by atoms with E-state index in [0.29, 0.717) is 12.8 Å². The maximum atomic E-state index is 13.1. The van der Waals surface area contributed by atoms with Crippen LogP contribution in [0, 0.1) is 0 Å². The second kappa shape index (κ2) is 41.3. The summed E-state index contributed by atoms with van der Waals surface area (Å²) in [5.74, 6) is -0.122. The maximum Gasteiger partial charge on any atom is 0.220 e. The van der Waals surface area contributed by atoms with E-state index < -0.39 is 49.0 Å². The average molecular weight is 874 g/mol. The summed E-state index contributed by atoms with van der Waals surface area (Å²) in [7, 11) is 0. The van der Waals surface area contributed by atoms with Gasteiger partial charge in [0.1, 0.15) is 24.4 Å². The molecule has 1 aliphatic heterocycles. The zero-order chi connectivity index (χ0) is 43.9. The summed E-state index contributed by atoms with van der Waals surface area (Å²) in [5, 5.41) is 56.0. The molecule has 0 spiro atoms. The molecule has 60 heavy (non-hydrogen) atoms. The van der Waals surface area contributed by atoms with E-state index in [2.05, 4.69) is 31.8 Å². The third-order valence-corrected chi connectivity index (χ3v) is 13.2. The Hall–Kier alpha value is -0.460. The van der Waals surface area contributed by atoms with Crippen molar-refractivity contribution in [1.82, 2.24) is 5.32 Å². The quantitative estimate of drug-likeness (QED) is 0.0236. The minimum atomic E-state index is -1.52. The highest BCUT2D eigenvalue weighted by Gasteiger charge is 2.44. The van der Waals surface area contributed by atoms with Crippen molar-refractivity contribution >= 4 is 18.5 Å². The lowest BCUT2D eigenvalue weighted by molar-refractivity contribution is -0.294. The van der Waals surface area contributed by atoms with E-state index in [1.165, 1.54) is 186 Å². The van der Waals surface area contributed by atoms with Crippen LogP contribution in [0.4, 0.5) is 0 Å². The molecule has 6 N–H and O–H groups in total. The third kappa shape index (κ3) is 30.6. The molecule has 8 atom stereocenters. The molecule has 0 bridgehead atoms. The first kappa shape index (κ1) is 57.6. The van der Waals surface area contributed by atoms with Crippen LogP contribution in [0.15, 0.2) is 0 Å². The van der Waals surface area contributed by atoms with Crippen molar-refractivity contribution in [3.63, 3.8) is 0 Å². The highest BCUT2D eigenvalue weighted by atomic mass is 32.1. The molecule has 0 aliphatic carbocycles. The molecule has 0 saturated carbocycles. The van der Waals surface area contributed by atoms with Gasteiger partial charge in [-0.05, 0) is 12.8 Å². The predicted molar refractivity (Wildman–Crippen MR) is 253 cm³/mol. The minimum absolute atomic E-state index is 0.102. The Balaban J connectivity index is 2.26. The van der Waals surface area contributed by atoms with Gasteiger partial charge in [-0.2, -0.15) is 12.6 Å². The molecule has 3 unspecified atom stereocenters. The van der Waals surface area contributed by atoms with Gasteiger partial charge < -0.3 is 40.3 Å². The number of thiol groups is 1. The normalized spacial score (nSPS) is 21.0. The molecule has 9 nitrogen and oxygen atoms in total. The third-order valence-electron chi connectivity index (χ3n) is 12.8. The SMILES string of the molecule is CCCCCCCCCCCCCCCCCCCCCCCCCC(=O)N[C@@H](CO[C@H]1OC(CS)[C@H](O)C(O)[C@@H]1O)C(O)[C@H](O)CCCCCCCCCCCCCC. The van der Waals surface area contributed by atoms with Crippen molar-refractivity contribution < 1.29 is 39.8 Å². The second-order valence-electron chi connectivity index (χ2n) is 18.5. The van der Waals surface area contributed by atoms with Crippen molar-refractivity contribution in [2.45, 2.75) is 300 Å². The number of rotatable bonds is 44. The fraction of sp³-hybridized carbons (Fsp3) is 0.980. The summed E-state index contributed by atoms with van der Waals surface area (Å²) >= 11 is 4.17. The van der Waals surface area contributed by atoms with Crippen LogP contribution >= 0.6 is 12.6 Å². The van der Waals surface area contributed by atoms with Crippen LogP contribution in [0.25, 0.3) is 0 Å². The molecule has 0 radical (unpaired) electrons. The Labute approximate surface area is 375 Å². The largest absolute Gasteiger partial charge is 0.390 e. The molecule has 0 aromatic heterocycles. The van der Waals surface area contributed by atoms with Crippen molar-refractivity contribution in [2.24, 2.45) is 0 Å². The van der Waals surface area contributed by atoms with E-state index in [1.54, 1.807) is 0 Å². The molecule has 358 valence electrons. The number of carbonyl (C=O) groups is 1. The highest BCUT2D eigenvalue weighted by Crippen LogP contribution is 2.24. The van der Waals surface area contributed by atoms with Gasteiger partial charge in [0.25, 0.3) is 0 Å². The zero-order valence-corrected chi connectivity index (χ0v) is 40.0. The van der Waals surface area contributed by atoms with Gasteiger partial charge in [-0.3, -0.25) is 4.79 Å². The van der Waals surface area contributed by atoms with Crippen molar-refractivity contribution in [1.29, 1.82) is 0 Å². The molecule has 1 rings (SSSR count). The minimum Gasteiger partial charge on any atom is -0.390 e. The molecular weight excluding hydrogens is 775 g/mol. The van der Waals surface area contributed by atoms with Gasteiger partial charge in [0.2, 0.25) is 5.91 Å². The monoisotopic (exact) mass is 874 g/mol. The summed E-state index contributed by atoms with van der Waals surface area (Å²) in [6, 6.07) is -0.941. The fourth-order valence-corrected chi connectivity index (χ4v) is 8.91. The molecule has 1 amide bonds. The summed E-state index contributed by atoms with van der Waals surface area (Å²) < 4.78 is 11.4. The Kier molecular flexibility index (Phi) is 39.6. The number of hydrogen-bond acceptors (Lipinski definition) is 9. The summed E-state index contributed by atoms with van der Waals surface area (Å²) in [4.78, 5) is 13.1. The molecule has 0 aromatic rings. The summed E-state index contributed by atoms with van der Waals surface area (Å²) in [6.07, 6.45) is 36.6. The van der Waals surface area contributed by atoms with Crippen LogP contribution < -0.4 is 5.32 Å². The van der Waals surface area contributed by atoms with E-state index in [-0.39, 0.29) is 18.3 Å². The van der Waals surface area contributed by atoms with Crippen LogP contribution in [-0.4, -0.2) is 92.8 Å². The molecule has 1 heterocycles. The van der Waals surface area contributed by atoms with Crippen molar-refractivity contribution in [3.8, 4) is 0 Å². The van der Waals surface area contributed by atoms with Crippen molar-refractivity contribution in [2.75, 3.05) is 12.4 Å². The number of amides is 1. The van der Waals surface area contributed by atoms with E-state index in [1.807, 2.05) is 0 Å². The van der Waals surface area contributed by atoms with Crippen LogP contribution in [-0.2, 0) is 14.3 Å². The van der Waals surface area contributed by atoms with E-state index in [4.69, 9.17) is 9.47 Å². The number of aliphatic hydroxyl groups is 5. The highest BCUT2D eigenvalue weighted by molar-refractivity contribution is 7.80. The van der Waals surface area contributed by atoms with Gasteiger partial charge in [-0.15, -0.1) is 0 Å². The number of hydrogen-bond donors (Lipinski definition) is 7. The topological polar surface area (TPSA) is 149 Å². The molecule has 1 fully saturated rings. The molecule has 10 heteroatoms. The molecule has 1 aliphatic rings. The number of ether oxygens (including phenoxy) is 2. The Morgan fingerprint density at radius 3 is 1.25 bits per heavy atom. The van der Waals surface area contributed by atoms with Gasteiger partial charge in [0.05, 0.1) is 24.9 Å². The first-order chi connectivity index (χ1) is 29.3. The van der Waals surface area contributed by atoms with E-state index in [0.717, 1.165) is 38.5 Å². The lowest BCUT2D eigenvalue weighted by atomic mass is 9.98. The summed E-state index contributed by atoms with van der Waals surface area (Å²) in [5.41, 5.74) is 0. The maximum absolute atomic E-state index is 13.1. The first-order valence-corrected chi connectivity index (χ1v) is 26.5. The van der Waals surface area contributed by atoms with Gasteiger partial charge in [0, 0.05) is 12.2 Å². The number of aliphatic hydroxyl groups excluding tert-OH is 5. The van der Waals surface area contributed by atoms with Crippen molar-refractivity contribution in [3.05, 3.63) is 0 Å². The Morgan fingerprint density at radius 2 is 0.883 bits per heavy atom. The first-order valence-electron chi connectivity index (χ1n) is 25.8. The van der Waals surface area contributed by atoms with Gasteiger partial charge >= 0.3 is 0 Å². The molecule has 0 aromatic carbocycles. The summed E-state index contributed by atoms with van der Waals surface area (Å²) in [6.45, 7) is 4.28. The van der Waals surface area contributed by atoms with Gasteiger partial charge in [-0.25, -0.2) is 0 Å². The van der Waals surface area contributed by atoms with Crippen LogP contribution in [0.3, 0.4) is 0 Å². The zero-order valence-electron chi connectivity index (χ0n) is 39.1. The number of nitrogens with one attached hydrogen (secondary N) is 1. The van der Waals surface area contributed by atoms with E-state index >= 15 is 0 Å². The van der Waals surface area contributed by atoms with Crippen LogP contribution in [0.2, 0.25) is 0 Å². The Morgan fingerprint density at radius 1 is 0.533 bits per heavy atom. The predicted octanol–water partition coefficient (Wildman–Crippen LogP) is 11.4. The van der Waals surface area contributed by atoms with Crippen LogP contribution in [0.5, 0.6) is 0 Å². The standard InChI is InChI=1S/C50H99NO8S/c1-3-5-7-9-11-13-15-17-18-19-20-21-22-23-24-25-26-27-29-31-33-35-37-39-45(53)51-42(40-58-50-49(57)48(56)47(55)44(41-60)59-50)46(54)43(52)38-36-34-32-30-28-16-14-12-10-8-6-4-2/h42-44,46-50,52,54-57,60H,3-41H2,1-2H3,(H,51,53)/t42-,43+,44?,46?,47-,48?,49-,50-/m0/s1. The lowest BCUT2D eigenvalue weighted by Crippen LogP contribution is -2.60. The van der Waals surface area contributed by atoms with Gasteiger partial charge in [0.15, 0.2) is 6.29 Å². The van der Waals surface area contributed by atoms with E-state index in [9.17, 15) is 30.3 Å². The molecule has 1 saturated heterocycles. The smallest absolute Gasteiger partial charge is 0.220 e.